The Morgan fingerprint density at radius 3 is 2.77 bits per heavy atom. The Morgan fingerprint density at radius 1 is 1.45 bits per heavy atom. The minimum Gasteiger partial charge on any atom is -0.388 e. The van der Waals surface area contributed by atoms with Crippen molar-refractivity contribution in [3.05, 3.63) is 22.4 Å². The molecular formula is C16H26N2O3S. The summed E-state index contributed by atoms with van der Waals surface area (Å²) in [5.41, 5.74) is -0.841. The molecule has 124 valence electrons. The third-order valence-corrected chi connectivity index (χ3v) is 4.89. The van der Waals surface area contributed by atoms with Crippen LogP contribution in [0.25, 0.3) is 0 Å². The van der Waals surface area contributed by atoms with Gasteiger partial charge in [0.15, 0.2) is 0 Å². The minimum absolute atomic E-state index is 0.0179. The predicted molar refractivity (Wildman–Crippen MR) is 88.1 cm³/mol. The van der Waals surface area contributed by atoms with Crippen LogP contribution in [0.3, 0.4) is 0 Å². The number of thiophene rings is 1. The monoisotopic (exact) mass is 326 g/mol. The van der Waals surface area contributed by atoms with Crippen molar-refractivity contribution in [1.82, 2.24) is 10.6 Å². The van der Waals surface area contributed by atoms with E-state index in [1.54, 1.807) is 11.3 Å². The second kappa shape index (κ2) is 7.94. The van der Waals surface area contributed by atoms with Crippen molar-refractivity contribution < 1.29 is 14.6 Å². The van der Waals surface area contributed by atoms with Gasteiger partial charge in [0.1, 0.15) is 0 Å². The molecule has 3 N–H and O–H groups in total. The van der Waals surface area contributed by atoms with Gasteiger partial charge in [-0.2, -0.15) is 0 Å². The highest BCUT2D eigenvalue weighted by molar-refractivity contribution is 7.10. The number of amides is 2. The first kappa shape index (κ1) is 17.2. The zero-order chi connectivity index (χ0) is 16.0. The molecule has 2 rings (SSSR count). The number of hydrogen-bond acceptors (Lipinski definition) is 4. The maximum Gasteiger partial charge on any atom is 0.315 e. The molecule has 1 aromatic rings. The molecule has 1 fully saturated rings. The fourth-order valence-electron chi connectivity index (χ4n) is 2.59. The molecule has 2 amide bonds. The van der Waals surface area contributed by atoms with E-state index < -0.39 is 5.60 Å². The number of aliphatic hydroxyl groups is 1. The number of ether oxygens (including phenoxy) is 1. The van der Waals surface area contributed by atoms with Crippen LogP contribution >= 0.6 is 11.3 Å². The molecule has 0 aromatic carbocycles. The van der Waals surface area contributed by atoms with Crippen molar-refractivity contribution >= 4 is 17.4 Å². The van der Waals surface area contributed by atoms with Crippen LogP contribution in [0.15, 0.2) is 17.5 Å². The smallest absolute Gasteiger partial charge is 0.315 e. The van der Waals surface area contributed by atoms with Crippen LogP contribution in [0, 0.1) is 5.92 Å². The molecule has 0 radical (unpaired) electrons. The molecule has 5 nitrogen and oxygen atoms in total. The summed E-state index contributed by atoms with van der Waals surface area (Å²) >= 11 is 1.65. The van der Waals surface area contributed by atoms with E-state index >= 15 is 0 Å². The van der Waals surface area contributed by atoms with Crippen molar-refractivity contribution in [2.45, 2.75) is 44.8 Å². The van der Waals surface area contributed by atoms with Gasteiger partial charge in [0, 0.05) is 37.5 Å². The van der Waals surface area contributed by atoms with Crippen LogP contribution in [0.1, 0.15) is 44.0 Å². The average Bonchev–Trinajstić information content (AvgIpc) is 2.99. The van der Waals surface area contributed by atoms with E-state index in [0.29, 0.717) is 32.0 Å². The van der Waals surface area contributed by atoms with Gasteiger partial charge >= 0.3 is 6.03 Å². The summed E-state index contributed by atoms with van der Waals surface area (Å²) in [6, 6.07) is 3.84. The maximum absolute atomic E-state index is 12.2. The van der Waals surface area contributed by atoms with Crippen LogP contribution in [-0.2, 0) is 4.74 Å². The first-order valence-corrected chi connectivity index (χ1v) is 8.74. The van der Waals surface area contributed by atoms with E-state index in [9.17, 15) is 9.90 Å². The van der Waals surface area contributed by atoms with Gasteiger partial charge in [0.2, 0.25) is 0 Å². The lowest BCUT2D eigenvalue weighted by Gasteiger charge is -2.32. The van der Waals surface area contributed by atoms with Crippen molar-refractivity contribution in [3.8, 4) is 0 Å². The van der Waals surface area contributed by atoms with Gasteiger partial charge in [-0.3, -0.25) is 0 Å². The van der Waals surface area contributed by atoms with Crippen molar-refractivity contribution in [1.29, 1.82) is 0 Å². The first-order valence-electron chi connectivity index (χ1n) is 7.86. The lowest BCUT2D eigenvalue weighted by Crippen LogP contribution is -2.49. The molecular weight excluding hydrogens is 300 g/mol. The van der Waals surface area contributed by atoms with E-state index in [4.69, 9.17) is 4.74 Å². The highest BCUT2D eigenvalue weighted by Gasteiger charge is 2.30. The molecule has 1 aromatic heterocycles. The molecule has 0 spiro atoms. The zero-order valence-corrected chi connectivity index (χ0v) is 14.1. The lowest BCUT2D eigenvalue weighted by molar-refractivity contribution is -0.0600. The fourth-order valence-corrected chi connectivity index (χ4v) is 3.38. The second-order valence-corrected chi connectivity index (χ2v) is 7.34. The van der Waals surface area contributed by atoms with E-state index in [1.165, 1.54) is 0 Å². The maximum atomic E-state index is 12.2. The zero-order valence-electron chi connectivity index (χ0n) is 13.3. The Balaban J connectivity index is 1.85. The summed E-state index contributed by atoms with van der Waals surface area (Å²) in [6.45, 7) is 5.65. The van der Waals surface area contributed by atoms with Crippen molar-refractivity contribution in [3.63, 3.8) is 0 Å². The third kappa shape index (κ3) is 5.26. The van der Waals surface area contributed by atoms with Crippen LogP contribution in [0.2, 0.25) is 0 Å². The molecule has 0 saturated carbocycles. The van der Waals surface area contributed by atoms with Crippen molar-refractivity contribution in [2.75, 3.05) is 19.8 Å². The number of carbonyl (C=O) groups is 1. The molecule has 1 saturated heterocycles. The Hall–Kier alpha value is -1.11. The van der Waals surface area contributed by atoms with Gasteiger partial charge in [-0.25, -0.2) is 4.79 Å². The van der Waals surface area contributed by atoms with Gasteiger partial charge in [-0.05, 0) is 23.8 Å². The van der Waals surface area contributed by atoms with Gasteiger partial charge in [0.25, 0.3) is 0 Å². The normalized spacial score (nSPS) is 18.9. The highest BCUT2D eigenvalue weighted by Crippen LogP contribution is 2.25. The topological polar surface area (TPSA) is 70.6 Å². The minimum atomic E-state index is -0.841. The summed E-state index contributed by atoms with van der Waals surface area (Å²) < 4.78 is 5.24. The number of urea groups is 1. The number of hydrogen-bond donors (Lipinski definition) is 3. The number of carbonyl (C=O) groups excluding carboxylic acids is 1. The fraction of sp³-hybridized carbons (Fsp3) is 0.688. The van der Waals surface area contributed by atoms with Crippen LogP contribution in [-0.4, -0.2) is 36.5 Å². The van der Waals surface area contributed by atoms with Crippen LogP contribution in [0.4, 0.5) is 4.79 Å². The Bertz CT molecular complexity index is 456. The molecule has 1 unspecified atom stereocenters. The van der Waals surface area contributed by atoms with E-state index in [2.05, 4.69) is 24.5 Å². The molecule has 6 heteroatoms. The highest BCUT2D eigenvalue weighted by atomic mass is 32.1. The van der Waals surface area contributed by atoms with E-state index in [-0.39, 0.29) is 18.6 Å². The standard InChI is InChI=1S/C16H26N2O3S/c1-12(2)10-13(14-4-3-9-22-14)18-15(19)17-11-16(20)5-7-21-8-6-16/h3-4,9,12-13,20H,5-8,10-11H2,1-2H3,(H2,17,18,19). The Morgan fingerprint density at radius 2 is 2.18 bits per heavy atom. The SMILES string of the molecule is CC(C)CC(NC(=O)NCC1(O)CCOCC1)c1cccs1. The average molecular weight is 326 g/mol. The van der Waals surface area contributed by atoms with Crippen LogP contribution in [0.5, 0.6) is 0 Å². The lowest BCUT2D eigenvalue weighted by atomic mass is 9.94. The molecule has 2 heterocycles. The van der Waals surface area contributed by atoms with Gasteiger partial charge < -0.3 is 20.5 Å². The first-order chi connectivity index (χ1) is 10.5. The Kier molecular flexibility index (Phi) is 6.23. The Labute approximate surface area is 136 Å². The number of rotatable bonds is 6. The summed E-state index contributed by atoms with van der Waals surface area (Å²) in [7, 11) is 0. The molecule has 1 aliphatic rings. The summed E-state index contributed by atoms with van der Waals surface area (Å²) in [4.78, 5) is 13.3. The summed E-state index contributed by atoms with van der Waals surface area (Å²) in [5.74, 6) is 0.493. The van der Waals surface area contributed by atoms with E-state index in [1.807, 2.05) is 17.5 Å². The van der Waals surface area contributed by atoms with E-state index in [0.717, 1.165) is 11.3 Å². The molecule has 0 bridgehead atoms. The van der Waals surface area contributed by atoms with Gasteiger partial charge in [-0.1, -0.05) is 19.9 Å². The molecule has 1 aliphatic heterocycles. The second-order valence-electron chi connectivity index (χ2n) is 6.36. The molecule has 1 atom stereocenters. The summed E-state index contributed by atoms with van der Waals surface area (Å²) in [5, 5.41) is 18.2. The van der Waals surface area contributed by atoms with Crippen LogP contribution < -0.4 is 10.6 Å². The quantitative estimate of drug-likeness (QED) is 0.753. The summed E-state index contributed by atoms with van der Waals surface area (Å²) in [6.07, 6.45) is 2.02. The van der Waals surface area contributed by atoms with Gasteiger partial charge in [0.05, 0.1) is 11.6 Å². The largest absolute Gasteiger partial charge is 0.388 e. The molecule has 22 heavy (non-hydrogen) atoms. The van der Waals surface area contributed by atoms with Gasteiger partial charge in [-0.15, -0.1) is 11.3 Å². The molecule has 0 aliphatic carbocycles. The van der Waals surface area contributed by atoms with Crippen molar-refractivity contribution in [2.24, 2.45) is 5.92 Å². The number of nitrogens with one attached hydrogen (secondary N) is 2. The third-order valence-electron chi connectivity index (χ3n) is 3.90. The predicted octanol–water partition coefficient (Wildman–Crippen LogP) is 2.68.